The Balaban J connectivity index is 1.59. The molecule has 1 amide bonds. The predicted octanol–water partition coefficient (Wildman–Crippen LogP) is 2.70. The van der Waals surface area contributed by atoms with E-state index in [4.69, 9.17) is 9.47 Å². The highest BCUT2D eigenvalue weighted by Crippen LogP contribution is 2.35. The van der Waals surface area contributed by atoms with Gasteiger partial charge in [-0.15, -0.1) is 0 Å². The van der Waals surface area contributed by atoms with Crippen molar-refractivity contribution in [3.63, 3.8) is 0 Å². The summed E-state index contributed by atoms with van der Waals surface area (Å²) >= 11 is 0. The van der Waals surface area contributed by atoms with Gasteiger partial charge in [0.2, 0.25) is 15.9 Å². The molecule has 0 aromatic heterocycles. The topological polar surface area (TPSA) is 110 Å². The van der Waals surface area contributed by atoms with Crippen LogP contribution in [-0.2, 0) is 29.1 Å². The normalized spacial score (nSPS) is 23.7. The largest absolute Gasteiger partial charge is 0.460 e. The minimum absolute atomic E-state index is 0.0348. The maximum atomic E-state index is 13.0. The zero-order chi connectivity index (χ0) is 25.8. The number of sulfonamides is 1. The van der Waals surface area contributed by atoms with Gasteiger partial charge in [-0.3, -0.25) is 4.79 Å². The molecule has 0 N–H and O–H groups in total. The summed E-state index contributed by atoms with van der Waals surface area (Å²) < 4.78 is 38.2. The van der Waals surface area contributed by atoms with Gasteiger partial charge >= 0.3 is 11.9 Å². The van der Waals surface area contributed by atoms with E-state index in [1.807, 2.05) is 0 Å². The van der Waals surface area contributed by atoms with Gasteiger partial charge in [0, 0.05) is 33.1 Å². The third kappa shape index (κ3) is 6.82. The number of ether oxygens (including phenoxy) is 2. The minimum Gasteiger partial charge on any atom is -0.460 e. The van der Waals surface area contributed by atoms with E-state index in [0.29, 0.717) is 24.9 Å². The molecule has 9 nitrogen and oxygen atoms in total. The van der Waals surface area contributed by atoms with E-state index in [1.165, 1.54) is 35.5 Å². The average Bonchev–Trinajstić information content (AvgIpc) is 2.82. The Kier molecular flexibility index (Phi) is 8.93. The number of benzene rings is 1. The summed E-state index contributed by atoms with van der Waals surface area (Å²) in [5.41, 5.74) is 0.0348. The van der Waals surface area contributed by atoms with Crippen LogP contribution in [0.4, 0.5) is 0 Å². The number of carbonyl (C=O) groups excluding carboxylic acids is 3. The summed E-state index contributed by atoms with van der Waals surface area (Å²) in [7, 11) is -3.84. The highest BCUT2D eigenvalue weighted by atomic mass is 32.2. The van der Waals surface area contributed by atoms with Crippen LogP contribution in [0.3, 0.4) is 0 Å². The van der Waals surface area contributed by atoms with E-state index in [9.17, 15) is 22.8 Å². The molecule has 0 bridgehead atoms. The lowest BCUT2D eigenvalue weighted by molar-refractivity contribution is -0.159. The van der Waals surface area contributed by atoms with Crippen molar-refractivity contribution in [2.24, 2.45) is 17.8 Å². The monoisotopic (exact) mass is 508 g/mol. The highest BCUT2D eigenvalue weighted by Gasteiger charge is 2.34. The number of piperazine rings is 1. The lowest BCUT2D eigenvalue weighted by Crippen LogP contribution is -2.49. The van der Waals surface area contributed by atoms with Crippen LogP contribution in [0.25, 0.3) is 0 Å². The summed E-state index contributed by atoms with van der Waals surface area (Å²) in [6, 6.07) is 5.56. The van der Waals surface area contributed by atoms with Gasteiger partial charge in [0.25, 0.3) is 0 Å². The number of esters is 2. The molecule has 2 aliphatic rings. The van der Waals surface area contributed by atoms with E-state index in [2.05, 4.69) is 20.8 Å². The van der Waals surface area contributed by atoms with Crippen molar-refractivity contribution in [1.82, 2.24) is 9.21 Å². The van der Waals surface area contributed by atoms with E-state index < -0.39 is 28.6 Å². The Morgan fingerprint density at radius 1 is 1.09 bits per heavy atom. The van der Waals surface area contributed by atoms with Crippen molar-refractivity contribution in [3.8, 4) is 0 Å². The average molecular weight is 509 g/mol. The molecule has 0 spiro atoms. The molecular formula is C25H36N2O7S. The number of carbonyl (C=O) groups is 3. The van der Waals surface area contributed by atoms with Crippen LogP contribution in [0.2, 0.25) is 0 Å². The molecule has 1 saturated carbocycles. The summed E-state index contributed by atoms with van der Waals surface area (Å²) in [6.45, 7) is 8.29. The van der Waals surface area contributed by atoms with Gasteiger partial charge in [0.15, 0.2) is 6.61 Å². The molecule has 1 heterocycles. The van der Waals surface area contributed by atoms with Gasteiger partial charge in [-0.2, -0.15) is 4.31 Å². The van der Waals surface area contributed by atoms with Gasteiger partial charge in [0.05, 0.1) is 10.5 Å². The predicted molar refractivity (Wildman–Crippen MR) is 129 cm³/mol. The molecule has 2 fully saturated rings. The summed E-state index contributed by atoms with van der Waals surface area (Å²) in [5, 5.41) is 0. The SMILES string of the molecule is CC(=O)N1CCN(S(=O)(=O)c2cccc(C(=O)OCC(=O)OC3CC(C)CCC3C(C)C)c2)CC1. The van der Waals surface area contributed by atoms with Crippen LogP contribution in [-0.4, -0.2) is 74.4 Å². The van der Waals surface area contributed by atoms with E-state index in [1.54, 1.807) is 4.90 Å². The molecule has 1 saturated heterocycles. The maximum Gasteiger partial charge on any atom is 0.344 e. The molecule has 0 radical (unpaired) electrons. The molecular weight excluding hydrogens is 472 g/mol. The number of amides is 1. The number of hydrogen-bond acceptors (Lipinski definition) is 7. The standard InChI is InChI=1S/C25H36N2O7S/c1-17(2)22-9-8-18(3)14-23(22)34-24(29)16-33-25(30)20-6-5-7-21(15-20)35(31,32)27-12-10-26(11-13-27)19(4)28/h5-7,15,17-18,22-23H,8-14,16H2,1-4H3. The van der Waals surface area contributed by atoms with Gasteiger partial charge in [0.1, 0.15) is 6.10 Å². The minimum atomic E-state index is -3.84. The van der Waals surface area contributed by atoms with Crippen molar-refractivity contribution >= 4 is 27.9 Å². The third-order valence-corrected chi connectivity index (χ3v) is 8.85. The number of nitrogens with zero attached hydrogens (tertiary/aromatic N) is 2. The van der Waals surface area contributed by atoms with Crippen molar-refractivity contribution in [2.75, 3.05) is 32.8 Å². The van der Waals surface area contributed by atoms with Crippen molar-refractivity contribution in [2.45, 2.75) is 58.0 Å². The Bertz CT molecular complexity index is 1030. The summed E-state index contributed by atoms with van der Waals surface area (Å²) in [6.07, 6.45) is 2.71. The number of rotatable bonds is 7. The summed E-state index contributed by atoms with van der Waals surface area (Å²) in [5.74, 6) is -0.348. The lowest BCUT2D eigenvalue weighted by atomic mass is 9.75. The maximum absolute atomic E-state index is 13.0. The van der Waals surface area contributed by atoms with E-state index >= 15 is 0 Å². The second-order valence-corrected chi connectivity index (χ2v) is 11.8. The lowest BCUT2D eigenvalue weighted by Gasteiger charge is -2.36. The molecule has 1 aliphatic heterocycles. The van der Waals surface area contributed by atoms with Crippen molar-refractivity contribution < 1.29 is 32.3 Å². The second kappa shape index (κ2) is 11.5. The first-order valence-corrected chi connectivity index (χ1v) is 13.7. The van der Waals surface area contributed by atoms with Crippen LogP contribution < -0.4 is 0 Å². The first kappa shape index (κ1) is 27.1. The van der Waals surface area contributed by atoms with Gasteiger partial charge in [-0.05, 0) is 48.8 Å². The fourth-order valence-electron chi connectivity index (χ4n) is 4.84. The third-order valence-electron chi connectivity index (χ3n) is 6.96. The molecule has 3 rings (SSSR count). The molecule has 1 aromatic rings. The Morgan fingerprint density at radius 3 is 2.40 bits per heavy atom. The van der Waals surface area contributed by atoms with E-state index in [-0.39, 0.29) is 41.5 Å². The van der Waals surface area contributed by atoms with Crippen LogP contribution in [0.15, 0.2) is 29.2 Å². The van der Waals surface area contributed by atoms with Crippen LogP contribution in [0.1, 0.15) is 57.3 Å². The Labute approximate surface area is 207 Å². The molecule has 1 aromatic carbocycles. The molecule has 1 aliphatic carbocycles. The van der Waals surface area contributed by atoms with Gasteiger partial charge < -0.3 is 14.4 Å². The van der Waals surface area contributed by atoms with Crippen molar-refractivity contribution in [3.05, 3.63) is 29.8 Å². The summed E-state index contributed by atoms with van der Waals surface area (Å²) in [4.78, 5) is 38.0. The first-order chi connectivity index (χ1) is 16.5. The Hall–Kier alpha value is -2.46. The van der Waals surface area contributed by atoms with Crippen LogP contribution in [0.5, 0.6) is 0 Å². The first-order valence-electron chi connectivity index (χ1n) is 12.2. The van der Waals surface area contributed by atoms with Gasteiger partial charge in [-0.1, -0.05) is 33.3 Å². The molecule has 35 heavy (non-hydrogen) atoms. The fraction of sp³-hybridized carbons (Fsp3) is 0.640. The number of hydrogen-bond donors (Lipinski definition) is 0. The Morgan fingerprint density at radius 2 is 1.77 bits per heavy atom. The molecule has 3 unspecified atom stereocenters. The molecule has 194 valence electrons. The van der Waals surface area contributed by atoms with Crippen molar-refractivity contribution in [1.29, 1.82) is 0 Å². The fourth-order valence-corrected chi connectivity index (χ4v) is 6.31. The smallest absolute Gasteiger partial charge is 0.344 e. The highest BCUT2D eigenvalue weighted by molar-refractivity contribution is 7.89. The zero-order valence-corrected chi connectivity index (χ0v) is 21.8. The molecule has 3 atom stereocenters. The molecule has 10 heteroatoms. The quantitative estimate of drug-likeness (QED) is 0.521. The van der Waals surface area contributed by atoms with Crippen LogP contribution in [0, 0.1) is 17.8 Å². The van der Waals surface area contributed by atoms with Gasteiger partial charge in [-0.25, -0.2) is 18.0 Å². The zero-order valence-electron chi connectivity index (χ0n) is 20.9. The van der Waals surface area contributed by atoms with Crippen LogP contribution >= 0.6 is 0 Å². The van der Waals surface area contributed by atoms with E-state index in [0.717, 1.165) is 19.3 Å². The second-order valence-electron chi connectivity index (χ2n) is 9.87.